The lowest BCUT2D eigenvalue weighted by Gasteiger charge is -2.16. The van der Waals surface area contributed by atoms with E-state index in [1.165, 1.54) is 129 Å². The molecule has 0 spiro atoms. The van der Waals surface area contributed by atoms with E-state index in [-0.39, 0.29) is 0 Å². The number of hydrogen-bond acceptors (Lipinski definition) is 15. The SMILES string of the molecule is Cc1nc(C(C)C)c(C)c(C)c1C.Cc1nc(C(C)C)nc(C)c1C.Cc1nc(C)c(C(C)C)c(C)c1C.Cc1nc(C)c(C(C)C)c(C)n1.Cc1nc(C)c(C(C)C)nc1C.Cc1nc(C)c(C)c(C(C)C)c1C.Cc1nc(C)c(C)c(C(C)C)n1.Cc1nnc(C(C)C)c(C)c1C.Cc1nnc(C)c(C(C)C)c1C. The third kappa shape index (κ3) is 29.4. The van der Waals surface area contributed by atoms with Gasteiger partial charge in [0.2, 0.25) is 0 Å². The smallest absolute Gasteiger partial charge is 0.131 e. The minimum absolute atomic E-state index is 0.419. The first-order valence-corrected chi connectivity index (χ1v) is 40.7. The molecule has 0 aliphatic rings. The summed E-state index contributed by atoms with van der Waals surface area (Å²) in [4.78, 5) is 48.9. The van der Waals surface area contributed by atoms with Crippen LogP contribution in [-0.2, 0) is 0 Å². The van der Waals surface area contributed by atoms with E-state index < -0.39 is 0 Å². The molecule has 0 aromatic carbocycles. The predicted octanol–water partition coefficient (Wildman–Crippen LogP) is 25.5. The molecular weight excluding hydrogens is 1360 g/mol. The van der Waals surface area contributed by atoms with Crippen molar-refractivity contribution in [1.82, 2.24) is 75.2 Å². The zero-order valence-electron chi connectivity index (χ0n) is 79.4. The molecule has 9 heterocycles. The van der Waals surface area contributed by atoms with Gasteiger partial charge in [-0.15, -0.1) is 0 Å². The van der Waals surface area contributed by atoms with Crippen molar-refractivity contribution < 1.29 is 0 Å². The third-order valence-corrected chi connectivity index (χ3v) is 21.4. The maximum Gasteiger partial charge on any atom is 0.131 e. The van der Waals surface area contributed by atoms with Gasteiger partial charge >= 0.3 is 0 Å². The fraction of sp³-hybridized carbons (Fsp3) is 0.594. The molecule has 0 atom stereocenters. The van der Waals surface area contributed by atoms with Crippen molar-refractivity contribution in [3.05, 3.63) is 220 Å². The molecule has 15 heteroatoms. The van der Waals surface area contributed by atoms with Crippen molar-refractivity contribution in [3.63, 3.8) is 0 Å². The Balaban J connectivity index is 0.000000625. The lowest BCUT2D eigenvalue weighted by atomic mass is 9.92. The van der Waals surface area contributed by atoms with E-state index in [2.05, 4.69) is 331 Å². The summed E-state index contributed by atoms with van der Waals surface area (Å²) < 4.78 is 0. The highest BCUT2D eigenvalue weighted by atomic mass is 15.1. The molecule has 0 saturated heterocycles. The Bertz CT molecular complexity index is 4450. The molecule has 612 valence electrons. The molecule has 0 unspecified atom stereocenters. The van der Waals surface area contributed by atoms with Crippen LogP contribution in [-0.4, -0.2) is 75.2 Å². The van der Waals surface area contributed by atoms with Crippen LogP contribution in [0.3, 0.4) is 0 Å². The molecule has 111 heavy (non-hydrogen) atoms. The van der Waals surface area contributed by atoms with E-state index >= 15 is 0 Å². The summed E-state index contributed by atoms with van der Waals surface area (Å²) in [6, 6.07) is 0. The maximum atomic E-state index is 4.63. The molecule has 0 fully saturated rings. The zero-order chi connectivity index (χ0) is 86.3. The lowest BCUT2D eigenvalue weighted by molar-refractivity contribution is 0.753. The van der Waals surface area contributed by atoms with Crippen LogP contribution in [0.25, 0.3) is 0 Å². The Morgan fingerprint density at radius 2 is 0.414 bits per heavy atom. The van der Waals surface area contributed by atoms with Crippen molar-refractivity contribution in [2.45, 2.75) is 386 Å². The van der Waals surface area contributed by atoms with Gasteiger partial charge in [0.25, 0.3) is 0 Å². The molecule has 0 amide bonds. The summed E-state index contributed by atoms with van der Waals surface area (Å²) in [5.41, 5.74) is 43.8. The quantitative estimate of drug-likeness (QED) is 0.132. The maximum absolute atomic E-state index is 4.63. The van der Waals surface area contributed by atoms with Gasteiger partial charge in [-0.1, -0.05) is 125 Å². The Kier molecular flexibility index (Phi) is 41.5. The van der Waals surface area contributed by atoms with E-state index in [9.17, 15) is 0 Å². The second-order valence-electron chi connectivity index (χ2n) is 33.5. The number of nitrogens with zero attached hydrogens (tertiary/aromatic N) is 15. The van der Waals surface area contributed by atoms with Crippen LogP contribution in [0.5, 0.6) is 0 Å². The van der Waals surface area contributed by atoms with Crippen LogP contribution in [0.15, 0.2) is 0 Å². The van der Waals surface area contributed by atoms with Crippen LogP contribution in [0.1, 0.15) is 398 Å². The molecule has 9 aromatic heterocycles. The standard InChI is InChI=1S/3C12H19N.6C10H16N2/c1-7(2)12-8(3)10(5)13-11(6)9(12)4;1-7(2)12-9(4)8(3)10(5)13-11(12)6;1-7(2)12-10(5)8(3)9(4)11(6)13-12;1-6(2)10-7(3)11-9(5)12-8(10)4;1-6(2)10-9(5)11-7(3)8(4)12-10;1-6(2)10-7(3)8(4)11-9(5)12-10;1-6(2)10-7(3)8(4)11-12-9(10)5;1-6(2)10-11-8(4)7(3)9(5)12-10;1-6(2)10-8(4)7(3)9(5)11-12-10/h3*7H,1-6H3;6*6H,1-5H3. The van der Waals surface area contributed by atoms with Crippen molar-refractivity contribution in [2.24, 2.45) is 0 Å². The molecule has 0 radical (unpaired) electrons. The Labute approximate surface area is 677 Å². The molecule has 9 aromatic rings. The predicted molar refractivity (Wildman–Crippen MR) is 474 cm³/mol. The number of pyridine rings is 3. The summed E-state index contributed by atoms with van der Waals surface area (Å²) in [5.74, 6) is 7.31. The van der Waals surface area contributed by atoms with E-state index in [1.54, 1.807) is 0 Å². The van der Waals surface area contributed by atoms with Gasteiger partial charge in [-0.2, -0.15) is 20.4 Å². The molecule has 0 aliphatic heterocycles. The summed E-state index contributed by atoms with van der Waals surface area (Å²) >= 11 is 0. The molecule has 9 rings (SSSR count). The minimum atomic E-state index is 0.419. The Hall–Kier alpha value is -8.07. The van der Waals surface area contributed by atoms with Gasteiger partial charge in [-0.3, -0.25) is 24.9 Å². The summed E-state index contributed by atoms with van der Waals surface area (Å²) in [5, 5.41) is 16.5. The first-order valence-electron chi connectivity index (χ1n) is 40.7. The van der Waals surface area contributed by atoms with Gasteiger partial charge in [-0.05, 0) is 344 Å². The zero-order valence-corrected chi connectivity index (χ0v) is 79.4. The van der Waals surface area contributed by atoms with Gasteiger partial charge in [0.15, 0.2) is 0 Å². The van der Waals surface area contributed by atoms with Crippen LogP contribution in [0.4, 0.5) is 0 Å². The third-order valence-electron chi connectivity index (χ3n) is 21.4. The van der Waals surface area contributed by atoms with Gasteiger partial charge in [-0.25, -0.2) is 29.9 Å². The average Bonchev–Trinajstić information content (AvgIpc) is 0.815. The van der Waals surface area contributed by atoms with Crippen molar-refractivity contribution in [3.8, 4) is 0 Å². The van der Waals surface area contributed by atoms with Gasteiger partial charge in [0, 0.05) is 74.2 Å². The monoisotopic (exact) mass is 1520 g/mol. The summed E-state index contributed by atoms with van der Waals surface area (Å²) in [7, 11) is 0. The molecule has 0 bridgehead atoms. The topological polar surface area (TPSA) is 193 Å². The fourth-order valence-electron chi connectivity index (χ4n) is 13.9. The molecule has 0 aliphatic carbocycles. The van der Waals surface area contributed by atoms with E-state index in [0.29, 0.717) is 53.3 Å². The first kappa shape index (κ1) is 101. The molecule has 0 N–H and O–H groups in total. The normalized spacial score (nSPS) is 10.9. The fourth-order valence-corrected chi connectivity index (χ4v) is 13.9. The molecule has 15 nitrogen and oxygen atoms in total. The minimum Gasteiger partial charge on any atom is -0.258 e. The summed E-state index contributed by atoms with van der Waals surface area (Å²) in [6.45, 7) is 102. The number of aryl methyl sites for hydroxylation is 18. The molecule has 0 saturated carbocycles. The Morgan fingerprint density at radius 1 is 0.135 bits per heavy atom. The van der Waals surface area contributed by atoms with Gasteiger partial charge < -0.3 is 0 Å². The highest BCUT2D eigenvalue weighted by molar-refractivity contribution is 5.43. The lowest BCUT2D eigenvalue weighted by Crippen LogP contribution is -2.03. The van der Waals surface area contributed by atoms with Crippen LogP contribution in [0, 0.1) is 208 Å². The highest BCUT2D eigenvalue weighted by Crippen LogP contribution is 2.30. The van der Waals surface area contributed by atoms with Crippen molar-refractivity contribution >= 4 is 0 Å². The van der Waals surface area contributed by atoms with E-state index in [1.807, 2.05) is 76.2 Å². The molecular formula is C96H153N15. The van der Waals surface area contributed by atoms with E-state index in [4.69, 9.17) is 0 Å². The van der Waals surface area contributed by atoms with Gasteiger partial charge in [0.05, 0.1) is 45.6 Å². The second kappa shape index (κ2) is 45.6. The van der Waals surface area contributed by atoms with Gasteiger partial charge in [0.1, 0.15) is 17.5 Å². The number of aromatic nitrogens is 15. The highest BCUT2D eigenvalue weighted by Gasteiger charge is 2.18. The average molecular weight is 1520 g/mol. The van der Waals surface area contributed by atoms with Crippen LogP contribution in [0.2, 0.25) is 0 Å². The summed E-state index contributed by atoms with van der Waals surface area (Å²) in [6.07, 6.45) is 0. The largest absolute Gasteiger partial charge is 0.258 e. The second-order valence-corrected chi connectivity index (χ2v) is 33.5. The van der Waals surface area contributed by atoms with Crippen molar-refractivity contribution in [1.29, 1.82) is 0 Å². The van der Waals surface area contributed by atoms with Crippen molar-refractivity contribution in [2.75, 3.05) is 0 Å². The van der Waals surface area contributed by atoms with E-state index in [0.717, 1.165) is 91.5 Å². The first-order chi connectivity index (χ1) is 51.0. The number of hydrogen-bond donors (Lipinski definition) is 0. The Morgan fingerprint density at radius 3 is 0.838 bits per heavy atom. The van der Waals surface area contributed by atoms with Crippen LogP contribution >= 0.6 is 0 Å². The number of rotatable bonds is 9. The van der Waals surface area contributed by atoms with Crippen LogP contribution < -0.4 is 0 Å².